The fourth-order valence-corrected chi connectivity index (χ4v) is 2.26. The Morgan fingerprint density at radius 2 is 1.83 bits per heavy atom. The van der Waals surface area contributed by atoms with Crippen molar-refractivity contribution in [2.75, 3.05) is 6.61 Å². The fourth-order valence-electron chi connectivity index (χ4n) is 2.26. The zero-order valence-electron chi connectivity index (χ0n) is 17.0. The predicted molar refractivity (Wildman–Crippen MR) is 97.7 cm³/mol. The van der Waals surface area contributed by atoms with Gasteiger partial charge < -0.3 is 24.3 Å². The molecule has 0 bridgehead atoms. The highest BCUT2D eigenvalue weighted by Crippen LogP contribution is 2.31. The molecular weight excluding hydrogens is 386 g/mol. The van der Waals surface area contributed by atoms with E-state index < -0.39 is 35.5 Å². The van der Waals surface area contributed by atoms with Crippen LogP contribution in [0.2, 0.25) is 0 Å². The SMILES string of the molecule is C/C=C1\OC(=O)C(C)NC1=O.CCOC(=O)C/C=C1\OC(CC)(C(C)=O)OC1=O. The van der Waals surface area contributed by atoms with Gasteiger partial charge in [0.05, 0.1) is 13.0 Å². The number of hydrogen-bond donors (Lipinski definition) is 1. The summed E-state index contributed by atoms with van der Waals surface area (Å²) in [5.41, 5.74) is 0. The molecule has 2 fully saturated rings. The Morgan fingerprint density at radius 1 is 1.17 bits per heavy atom. The molecule has 0 aromatic rings. The van der Waals surface area contributed by atoms with Crippen LogP contribution in [-0.2, 0) is 42.9 Å². The summed E-state index contributed by atoms with van der Waals surface area (Å²) >= 11 is 0. The number of allylic oxidation sites excluding steroid dienone is 1. The van der Waals surface area contributed by atoms with E-state index in [9.17, 15) is 24.0 Å². The number of rotatable bonds is 5. The van der Waals surface area contributed by atoms with Gasteiger partial charge in [-0.2, -0.15) is 0 Å². The van der Waals surface area contributed by atoms with Crippen molar-refractivity contribution >= 4 is 29.6 Å². The van der Waals surface area contributed by atoms with E-state index in [2.05, 4.69) is 10.1 Å². The number of ether oxygens (including phenoxy) is 4. The lowest BCUT2D eigenvalue weighted by molar-refractivity contribution is -0.182. The van der Waals surface area contributed by atoms with Crippen LogP contribution in [0.15, 0.2) is 23.7 Å². The molecule has 0 aromatic carbocycles. The molecule has 0 radical (unpaired) electrons. The fraction of sp³-hybridized carbons (Fsp3) is 0.526. The van der Waals surface area contributed by atoms with Crippen molar-refractivity contribution in [1.82, 2.24) is 5.32 Å². The Morgan fingerprint density at radius 3 is 2.31 bits per heavy atom. The maximum absolute atomic E-state index is 11.5. The van der Waals surface area contributed by atoms with E-state index in [1.807, 2.05) is 0 Å². The summed E-state index contributed by atoms with van der Waals surface area (Å²) < 4.78 is 19.5. The summed E-state index contributed by atoms with van der Waals surface area (Å²) in [5, 5.41) is 2.45. The first-order valence-electron chi connectivity index (χ1n) is 9.08. The van der Waals surface area contributed by atoms with Crippen molar-refractivity contribution < 1.29 is 42.9 Å². The van der Waals surface area contributed by atoms with E-state index in [1.165, 1.54) is 19.1 Å². The second-order valence-corrected chi connectivity index (χ2v) is 6.00. The third-order valence-electron chi connectivity index (χ3n) is 3.89. The van der Waals surface area contributed by atoms with E-state index in [-0.39, 0.29) is 36.9 Å². The number of ketones is 1. The van der Waals surface area contributed by atoms with Gasteiger partial charge in [-0.1, -0.05) is 6.92 Å². The highest BCUT2D eigenvalue weighted by molar-refractivity contribution is 6.00. The number of carbonyl (C=O) groups is 5. The molecule has 29 heavy (non-hydrogen) atoms. The van der Waals surface area contributed by atoms with Crippen LogP contribution >= 0.6 is 0 Å². The molecule has 2 heterocycles. The molecule has 10 heteroatoms. The number of Topliss-reactive ketones (excluding diaryl/α,β-unsaturated/α-hetero) is 1. The van der Waals surface area contributed by atoms with E-state index in [4.69, 9.17) is 14.2 Å². The largest absolute Gasteiger partial charge is 0.466 e. The Hall–Kier alpha value is -3.17. The van der Waals surface area contributed by atoms with Crippen LogP contribution in [0.4, 0.5) is 0 Å². The number of cyclic esters (lactones) is 2. The molecule has 10 nitrogen and oxygen atoms in total. The summed E-state index contributed by atoms with van der Waals surface area (Å²) in [6.07, 6.45) is 2.83. The molecule has 160 valence electrons. The van der Waals surface area contributed by atoms with Gasteiger partial charge in [-0.3, -0.25) is 14.4 Å². The Bertz CT molecular complexity index is 753. The maximum atomic E-state index is 11.5. The molecule has 0 aliphatic carbocycles. The highest BCUT2D eigenvalue weighted by Gasteiger charge is 2.48. The Labute approximate surface area is 168 Å². The van der Waals surface area contributed by atoms with E-state index >= 15 is 0 Å². The molecule has 2 rings (SSSR count). The van der Waals surface area contributed by atoms with Crippen molar-refractivity contribution in [3.05, 3.63) is 23.7 Å². The number of nitrogens with one attached hydrogen (secondary N) is 1. The second kappa shape index (κ2) is 10.4. The van der Waals surface area contributed by atoms with Gasteiger partial charge in [0, 0.05) is 13.3 Å². The average molecular weight is 411 g/mol. The minimum atomic E-state index is -1.54. The van der Waals surface area contributed by atoms with Crippen molar-refractivity contribution in [2.24, 2.45) is 0 Å². The zero-order chi connectivity index (χ0) is 22.2. The van der Waals surface area contributed by atoms with Gasteiger partial charge in [-0.05, 0) is 32.9 Å². The van der Waals surface area contributed by atoms with Gasteiger partial charge in [-0.25, -0.2) is 9.59 Å². The van der Waals surface area contributed by atoms with Gasteiger partial charge in [0.2, 0.25) is 11.5 Å². The number of carbonyl (C=O) groups excluding carboxylic acids is 5. The maximum Gasteiger partial charge on any atom is 0.377 e. The minimum absolute atomic E-state index is 0.0769. The van der Waals surface area contributed by atoms with Crippen LogP contribution in [-0.4, -0.2) is 48.0 Å². The number of hydrogen-bond acceptors (Lipinski definition) is 9. The monoisotopic (exact) mass is 411 g/mol. The van der Waals surface area contributed by atoms with E-state index in [1.54, 1.807) is 27.7 Å². The Balaban J connectivity index is 0.000000326. The lowest BCUT2D eigenvalue weighted by atomic mass is 10.1. The van der Waals surface area contributed by atoms with Gasteiger partial charge in [0.25, 0.3) is 5.91 Å². The standard InChI is InChI=1S/C12H16O6.C7H9NO3/c1-4-12(8(3)13)17-9(11(15)18-12)6-7-10(14)16-5-2;1-3-5-6(9)8-4(2)7(10)11-5/h6H,4-5,7H2,1-3H3;3-4H,1-2H3,(H,8,9)/b9-6-;5-3-. The van der Waals surface area contributed by atoms with Crippen LogP contribution in [0.5, 0.6) is 0 Å². The van der Waals surface area contributed by atoms with Gasteiger partial charge in [0.1, 0.15) is 6.04 Å². The van der Waals surface area contributed by atoms with E-state index in [0.717, 1.165) is 0 Å². The van der Waals surface area contributed by atoms with Crippen LogP contribution in [0.25, 0.3) is 0 Å². The molecule has 2 unspecified atom stereocenters. The van der Waals surface area contributed by atoms with E-state index in [0.29, 0.717) is 0 Å². The molecule has 0 saturated carbocycles. The lowest BCUT2D eigenvalue weighted by Gasteiger charge is -2.20. The van der Waals surface area contributed by atoms with Crippen molar-refractivity contribution in [3.8, 4) is 0 Å². The molecule has 2 saturated heterocycles. The quantitative estimate of drug-likeness (QED) is 0.400. The minimum Gasteiger partial charge on any atom is -0.466 e. The van der Waals surface area contributed by atoms with Gasteiger partial charge in [0.15, 0.2) is 5.76 Å². The smallest absolute Gasteiger partial charge is 0.377 e. The molecule has 1 amide bonds. The first kappa shape index (κ1) is 23.9. The number of amides is 1. The molecule has 0 spiro atoms. The molecular formula is C19H25NO9. The molecule has 2 aliphatic rings. The highest BCUT2D eigenvalue weighted by atomic mass is 16.8. The van der Waals surface area contributed by atoms with Crippen molar-refractivity contribution in [3.63, 3.8) is 0 Å². The summed E-state index contributed by atoms with van der Waals surface area (Å²) in [7, 11) is 0. The third kappa shape index (κ3) is 6.16. The van der Waals surface area contributed by atoms with Crippen molar-refractivity contribution in [2.45, 2.75) is 59.3 Å². The summed E-state index contributed by atoms with van der Waals surface area (Å²) in [4.78, 5) is 55.8. The number of esters is 3. The molecule has 1 N–H and O–H groups in total. The molecule has 0 aromatic heterocycles. The predicted octanol–water partition coefficient (Wildman–Crippen LogP) is 1.04. The normalized spacial score (nSPS) is 26.0. The van der Waals surface area contributed by atoms with Crippen LogP contribution in [0.3, 0.4) is 0 Å². The van der Waals surface area contributed by atoms with Crippen LogP contribution < -0.4 is 5.32 Å². The van der Waals surface area contributed by atoms with Gasteiger partial charge >= 0.3 is 23.7 Å². The van der Waals surface area contributed by atoms with Crippen molar-refractivity contribution in [1.29, 1.82) is 0 Å². The first-order chi connectivity index (χ1) is 13.6. The lowest BCUT2D eigenvalue weighted by Crippen LogP contribution is -2.46. The Kier molecular flexibility index (Phi) is 8.56. The topological polar surface area (TPSA) is 134 Å². The molecule has 2 atom stereocenters. The summed E-state index contributed by atoms with van der Waals surface area (Å²) in [6, 6.07) is -0.536. The average Bonchev–Trinajstić information content (AvgIpc) is 3.01. The summed E-state index contributed by atoms with van der Waals surface area (Å²) in [5.74, 6) is -3.95. The van der Waals surface area contributed by atoms with Gasteiger partial charge in [-0.15, -0.1) is 0 Å². The van der Waals surface area contributed by atoms with Crippen LogP contribution in [0, 0.1) is 0 Å². The second-order valence-electron chi connectivity index (χ2n) is 6.00. The first-order valence-corrected chi connectivity index (χ1v) is 9.08. The number of morpholine rings is 1. The summed E-state index contributed by atoms with van der Waals surface area (Å²) in [6.45, 7) is 8.11. The third-order valence-corrected chi connectivity index (χ3v) is 3.89. The molecule has 2 aliphatic heterocycles. The zero-order valence-corrected chi connectivity index (χ0v) is 17.0. The van der Waals surface area contributed by atoms with Crippen LogP contribution in [0.1, 0.15) is 47.5 Å².